The Kier molecular flexibility index (Phi) is 6.39. The lowest BCUT2D eigenvalue weighted by atomic mass is 10.2. The highest BCUT2D eigenvalue weighted by molar-refractivity contribution is 7.92. The van der Waals surface area contributed by atoms with Crippen LogP contribution >= 0.6 is 0 Å². The highest BCUT2D eigenvalue weighted by Crippen LogP contribution is 2.34. The van der Waals surface area contributed by atoms with Crippen LogP contribution < -0.4 is 23.8 Å². The van der Waals surface area contributed by atoms with Gasteiger partial charge in [0.05, 0.1) is 32.7 Å². The van der Waals surface area contributed by atoms with Gasteiger partial charge in [0.15, 0.2) is 0 Å². The van der Waals surface area contributed by atoms with E-state index in [2.05, 4.69) is 21.6 Å². The van der Waals surface area contributed by atoms with Crippen LogP contribution in [0.3, 0.4) is 0 Å². The Balaban J connectivity index is 1.92. The molecule has 1 aliphatic heterocycles. The van der Waals surface area contributed by atoms with Gasteiger partial charge < -0.3 is 24.0 Å². The minimum atomic E-state index is -3.89. The van der Waals surface area contributed by atoms with Gasteiger partial charge in [0.1, 0.15) is 22.1 Å². The Morgan fingerprint density at radius 1 is 0.862 bits per heavy atom. The summed E-state index contributed by atoms with van der Waals surface area (Å²) in [5.41, 5.74) is 1.31. The van der Waals surface area contributed by atoms with E-state index in [9.17, 15) is 8.42 Å². The summed E-state index contributed by atoms with van der Waals surface area (Å²) < 4.78 is 44.6. The van der Waals surface area contributed by atoms with Gasteiger partial charge in [-0.2, -0.15) is 0 Å². The highest BCUT2D eigenvalue weighted by Gasteiger charge is 2.23. The van der Waals surface area contributed by atoms with Crippen molar-refractivity contribution in [2.45, 2.75) is 4.90 Å². The number of rotatable bonds is 7. The topological polar surface area (TPSA) is 80.3 Å². The third kappa shape index (κ3) is 4.68. The van der Waals surface area contributed by atoms with E-state index in [4.69, 9.17) is 14.2 Å². The van der Waals surface area contributed by atoms with Crippen molar-refractivity contribution in [3.63, 3.8) is 0 Å². The standard InChI is InChI=1S/C20H27N3O5S/c1-22-9-11-23(12-10-22)17-13-15(5-7-18(17)27-3)21-29(24,25)20-14-16(26-2)6-8-19(20)28-4/h5-8,13-14,21H,9-12H2,1-4H3. The molecule has 0 spiro atoms. The number of sulfonamides is 1. The van der Waals surface area contributed by atoms with Gasteiger partial charge in [-0.05, 0) is 37.4 Å². The third-order valence-electron chi connectivity index (χ3n) is 4.94. The molecule has 158 valence electrons. The summed E-state index contributed by atoms with van der Waals surface area (Å²) in [7, 11) is 2.72. The SMILES string of the molecule is COc1ccc(OC)c(S(=O)(=O)Nc2ccc(OC)c(N3CCN(C)CC3)c2)c1. The monoisotopic (exact) mass is 421 g/mol. The van der Waals surface area contributed by atoms with Crippen LogP contribution in [0.1, 0.15) is 0 Å². The first kappa shape index (κ1) is 21.1. The van der Waals surface area contributed by atoms with Crippen LogP contribution in [0.25, 0.3) is 0 Å². The fourth-order valence-corrected chi connectivity index (χ4v) is 4.49. The molecule has 8 nitrogen and oxygen atoms in total. The first-order chi connectivity index (χ1) is 13.9. The molecule has 0 saturated carbocycles. The van der Waals surface area contributed by atoms with Gasteiger partial charge in [-0.3, -0.25) is 4.72 Å². The quantitative estimate of drug-likeness (QED) is 0.735. The number of hydrogen-bond donors (Lipinski definition) is 1. The number of anilines is 2. The number of nitrogens with zero attached hydrogens (tertiary/aromatic N) is 2. The fraction of sp³-hybridized carbons (Fsp3) is 0.400. The number of benzene rings is 2. The second-order valence-corrected chi connectivity index (χ2v) is 8.45. The molecular formula is C20H27N3O5S. The minimum absolute atomic E-state index is 0.0105. The number of likely N-dealkylation sites (N-methyl/N-ethyl adjacent to an activating group) is 1. The Hall–Kier alpha value is -2.65. The van der Waals surface area contributed by atoms with E-state index in [-0.39, 0.29) is 10.6 Å². The van der Waals surface area contributed by atoms with Crippen LogP contribution in [0.5, 0.6) is 17.2 Å². The summed E-state index contributed by atoms with van der Waals surface area (Å²) in [6, 6.07) is 9.91. The largest absolute Gasteiger partial charge is 0.497 e. The lowest BCUT2D eigenvalue weighted by Gasteiger charge is -2.35. The van der Waals surface area contributed by atoms with Crippen molar-refractivity contribution >= 4 is 21.4 Å². The zero-order valence-corrected chi connectivity index (χ0v) is 18.0. The molecule has 3 rings (SSSR count). The maximum absolute atomic E-state index is 13.0. The molecule has 1 heterocycles. The van der Waals surface area contributed by atoms with Crippen molar-refractivity contribution in [3.05, 3.63) is 36.4 Å². The summed E-state index contributed by atoms with van der Waals surface area (Å²) >= 11 is 0. The molecule has 0 amide bonds. The van der Waals surface area contributed by atoms with Crippen molar-refractivity contribution < 1.29 is 22.6 Å². The molecule has 2 aromatic carbocycles. The molecule has 1 aliphatic rings. The van der Waals surface area contributed by atoms with Gasteiger partial charge in [0.2, 0.25) is 0 Å². The van der Waals surface area contributed by atoms with E-state index < -0.39 is 10.0 Å². The average molecular weight is 422 g/mol. The van der Waals surface area contributed by atoms with Gasteiger partial charge in [0.25, 0.3) is 10.0 Å². The van der Waals surface area contributed by atoms with Crippen LogP contribution in [0.2, 0.25) is 0 Å². The van der Waals surface area contributed by atoms with Crippen molar-refractivity contribution in [2.24, 2.45) is 0 Å². The molecule has 0 unspecified atom stereocenters. The van der Waals surface area contributed by atoms with Gasteiger partial charge in [-0.15, -0.1) is 0 Å². The van der Waals surface area contributed by atoms with E-state index in [0.29, 0.717) is 17.2 Å². The molecule has 1 fully saturated rings. The van der Waals surface area contributed by atoms with Crippen LogP contribution in [0, 0.1) is 0 Å². The predicted molar refractivity (Wildman–Crippen MR) is 113 cm³/mol. The molecule has 0 radical (unpaired) electrons. The van der Waals surface area contributed by atoms with Gasteiger partial charge in [0, 0.05) is 32.2 Å². The first-order valence-corrected chi connectivity index (χ1v) is 10.7. The molecule has 0 atom stereocenters. The van der Waals surface area contributed by atoms with E-state index in [0.717, 1.165) is 31.9 Å². The lowest BCUT2D eigenvalue weighted by Crippen LogP contribution is -2.44. The minimum Gasteiger partial charge on any atom is -0.497 e. The van der Waals surface area contributed by atoms with E-state index in [1.807, 2.05) is 0 Å². The van der Waals surface area contributed by atoms with Crippen molar-refractivity contribution in [1.82, 2.24) is 4.90 Å². The molecular weight excluding hydrogens is 394 g/mol. The summed E-state index contributed by atoms with van der Waals surface area (Å²) in [6.07, 6.45) is 0. The second kappa shape index (κ2) is 8.79. The highest BCUT2D eigenvalue weighted by atomic mass is 32.2. The van der Waals surface area contributed by atoms with E-state index in [1.54, 1.807) is 37.4 Å². The summed E-state index contributed by atoms with van der Waals surface area (Å²) in [4.78, 5) is 4.46. The molecule has 1 saturated heterocycles. The van der Waals surface area contributed by atoms with Gasteiger partial charge >= 0.3 is 0 Å². The molecule has 2 aromatic rings. The molecule has 0 bridgehead atoms. The van der Waals surface area contributed by atoms with E-state index in [1.165, 1.54) is 20.3 Å². The molecule has 0 aromatic heterocycles. The number of ether oxygens (including phenoxy) is 3. The zero-order valence-electron chi connectivity index (χ0n) is 17.1. The van der Waals surface area contributed by atoms with E-state index >= 15 is 0 Å². The van der Waals surface area contributed by atoms with Crippen molar-refractivity contribution in [1.29, 1.82) is 0 Å². The van der Waals surface area contributed by atoms with Crippen LogP contribution in [-0.4, -0.2) is 67.9 Å². The Morgan fingerprint density at radius 3 is 2.14 bits per heavy atom. The molecule has 0 aliphatic carbocycles. The van der Waals surface area contributed by atoms with Crippen LogP contribution in [0.4, 0.5) is 11.4 Å². The smallest absolute Gasteiger partial charge is 0.265 e. The lowest BCUT2D eigenvalue weighted by molar-refractivity contribution is 0.311. The molecule has 9 heteroatoms. The fourth-order valence-electron chi connectivity index (χ4n) is 3.25. The number of piperazine rings is 1. The van der Waals surface area contributed by atoms with Crippen LogP contribution in [-0.2, 0) is 10.0 Å². The van der Waals surface area contributed by atoms with Gasteiger partial charge in [-0.25, -0.2) is 8.42 Å². The third-order valence-corrected chi connectivity index (χ3v) is 6.34. The summed E-state index contributed by atoms with van der Waals surface area (Å²) in [6.45, 7) is 3.54. The average Bonchev–Trinajstić information content (AvgIpc) is 2.73. The molecule has 1 N–H and O–H groups in total. The number of methoxy groups -OCH3 is 3. The number of nitrogens with one attached hydrogen (secondary N) is 1. The molecule has 29 heavy (non-hydrogen) atoms. The maximum Gasteiger partial charge on any atom is 0.265 e. The maximum atomic E-state index is 13.0. The Bertz CT molecular complexity index is 957. The van der Waals surface area contributed by atoms with Crippen LogP contribution in [0.15, 0.2) is 41.3 Å². The Labute approximate surface area is 172 Å². The zero-order chi connectivity index (χ0) is 21.0. The first-order valence-electron chi connectivity index (χ1n) is 9.24. The second-order valence-electron chi connectivity index (χ2n) is 6.80. The predicted octanol–water partition coefficient (Wildman–Crippen LogP) is 2.26. The Morgan fingerprint density at radius 2 is 1.52 bits per heavy atom. The summed E-state index contributed by atoms with van der Waals surface area (Å²) in [5, 5.41) is 0. The van der Waals surface area contributed by atoms with Crippen molar-refractivity contribution in [2.75, 3.05) is 64.2 Å². The summed E-state index contributed by atoms with van der Waals surface area (Å²) in [5.74, 6) is 1.38. The number of hydrogen-bond acceptors (Lipinski definition) is 7. The van der Waals surface area contributed by atoms with Crippen molar-refractivity contribution in [3.8, 4) is 17.2 Å². The normalized spacial score (nSPS) is 15.1. The van der Waals surface area contributed by atoms with Gasteiger partial charge in [-0.1, -0.05) is 0 Å².